The van der Waals surface area contributed by atoms with Gasteiger partial charge in [0.15, 0.2) is 0 Å². The number of rotatable bonds is 13. The number of ether oxygens (including phenoxy) is 2. The summed E-state index contributed by atoms with van der Waals surface area (Å²) in [4.78, 5) is 28.1. The Morgan fingerprint density at radius 1 is 1.00 bits per heavy atom. The molecule has 0 aliphatic carbocycles. The molecule has 0 fully saturated rings. The molecule has 1 N–H and O–H groups in total. The summed E-state index contributed by atoms with van der Waals surface area (Å²) in [7, 11) is -1.51. The van der Waals surface area contributed by atoms with Gasteiger partial charge in [-0.2, -0.15) is 0 Å². The molecule has 1 unspecified atom stereocenters. The van der Waals surface area contributed by atoms with Gasteiger partial charge in [-0.3, -0.25) is 13.9 Å². The lowest BCUT2D eigenvalue weighted by Gasteiger charge is -2.32. The van der Waals surface area contributed by atoms with Gasteiger partial charge in [0, 0.05) is 24.7 Å². The first-order valence-electron chi connectivity index (χ1n) is 13.2. The Hall–Kier alpha value is -4.12. The number of carbonyl (C=O) groups is 2. The second-order valence-corrected chi connectivity index (χ2v) is 11.3. The molecule has 11 heteroatoms. The predicted molar refractivity (Wildman–Crippen MR) is 155 cm³/mol. The van der Waals surface area contributed by atoms with Crippen LogP contribution in [0.15, 0.2) is 71.6 Å². The van der Waals surface area contributed by atoms with Crippen LogP contribution in [0, 0.1) is 12.7 Å². The topological polar surface area (TPSA) is 105 Å². The minimum absolute atomic E-state index is 0.0461. The molecule has 0 aliphatic heterocycles. The highest BCUT2D eigenvalue weighted by Gasteiger charge is 2.34. The van der Waals surface area contributed by atoms with E-state index in [1.54, 1.807) is 24.3 Å². The molecule has 0 heterocycles. The Balaban J connectivity index is 2.12. The zero-order valence-electron chi connectivity index (χ0n) is 23.9. The van der Waals surface area contributed by atoms with Gasteiger partial charge in [0.25, 0.3) is 10.0 Å². The van der Waals surface area contributed by atoms with Crippen molar-refractivity contribution in [3.05, 3.63) is 83.7 Å². The number of amides is 2. The highest BCUT2D eigenvalue weighted by atomic mass is 32.2. The molecule has 3 aromatic carbocycles. The second-order valence-electron chi connectivity index (χ2n) is 9.44. The van der Waals surface area contributed by atoms with Crippen molar-refractivity contribution in [1.29, 1.82) is 0 Å². The standard InChI is InChI=1S/C30H36FN3O6S/c1-6-17-32-30(36)22(3)33(19-23-9-7-8-10-26(23)31)29(35)20-34(27-18-24(39-4)13-16-28(27)40-5)41(37,38)25-14-11-21(2)12-15-25/h7-16,18,22H,6,17,19-20H2,1-5H3,(H,32,36). The molecular weight excluding hydrogens is 549 g/mol. The lowest BCUT2D eigenvalue weighted by Crippen LogP contribution is -2.51. The van der Waals surface area contributed by atoms with E-state index in [0.717, 1.165) is 9.87 Å². The fourth-order valence-corrected chi connectivity index (χ4v) is 5.55. The first kappa shape index (κ1) is 31.4. The van der Waals surface area contributed by atoms with Gasteiger partial charge in [0.1, 0.15) is 29.9 Å². The third kappa shape index (κ3) is 7.55. The van der Waals surface area contributed by atoms with Crippen LogP contribution < -0.4 is 19.1 Å². The highest BCUT2D eigenvalue weighted by molar-refractivity contribution is 7.92. The summed E-state index contributed by atoms with van der Waals surface area (Å²) in [5, 5.41) is 2.75. The number of carbonyl (C=O) groups excluding carboxylic acids is 2. The lowest BCUT2D eigenvalue weighted by atomic mass is 10.1. The van der Waals surface area contributed by atoms with E-state index in [9.17, 15) is 22.4 Å². The van der Waals surface area contributed by atoms with Crippen molar-refractivity contribution in [2.45, 2.75) is 44.7 Å². The number of benzene rings is 3. The molecule has 9 nitrogen and oxygen atoms in total. The first-order chi connectivity index (χ1) is 19.5. The third-order valence-electron chi connectivity index (χ3n) is 6.56. The maximum Gasteiger partial charge on any atom is 0.264 e. The number of aryl methyl sites for hydroxylation is 1. The van der Waals surface area contributed by atoms with Crippen LogP contribution in [0.25, 0.3) is 0 Å². The molecule has 3 rings (SSSR count). The van der Waals surface area contributed by atoms with E-state index in [1.165, 1.54) is 68.5 Å². The molecule has 0 radical (unpaired) electrons. The molecule has 2 amide bonds. The first-order valence-corrected chi connectivity index (χ1v) is 14.6. The van der Waals surface area contributed by atoms with Crippen molar-refractivity contribution in [1.82, 2.24) is 10.2 Å². The van der Waals surface area contributed by atoms with Crippen LogP contribution in [-0.2, 0) is 26.2 Å². The van der Waals surface area contributed by atoms with Crippen LogP contribution >= 0.6 is 0 Å². The van der Waals surface area contributed by atoms with Gasteiger partial charge < -0.3 is 19.7 Å². The Morgan fingerprint density at radius 3 is 2.29 bits per heavy atom. The third-order valence-corrected chi connectivity index (χ3v) is 8.33. The van der Waals surface area contributed by atoms with Crippen LogP contribution in [0.5, 0.6) is 11.5 Å². The van der Waals surface area contributed by atoms with Gasteiger partial charge >= 0.3 is 0 Å². The van der Waals surface area contributed by atoms with Gasteiger partial charge in [-0.15, -0.1) is 0 Å². The van der Waals surface area contributed by atoms with Gasteiger partial charge in [-0.1, -0.05) is 42.8 Å². The molecule has 0 aromatic heterocycles. The number of sulfonamides is 1. The number of hydrogen-bond acceptors (Lipinski definition) is 6. The monoisotopic (exact) mass is 585 g/mol. The molecular formula is C30H36FN3O6S. The average molecular weight is 586 g/mol. The number of halogens is 1. The Kier molecular flexibility index (Phi) is 10.7. The number of nitrogens with zero attached hydrogens (tertiary/aromatic N) is 2. The maximum absolute atomic E-state index is 14.7. The van der Waals surface area contributed by atoms with Crippen molar-refractivity contribution < 1.29 is 31.9 Å². The summed E-state index contributed by atoms with van der Waals surface area (Å²) in [6.07, 6.45) is 0.678. The van der Waals surface area contributed by atoms with Crippen molar-refractivity contribution in [3.63, 3.8) is 0 Å². The summed E-state index contributed by atoms with van der Waals surface area (Å²) in [5.74, 6) is -1.18. The normalized spacial score (nSPS) is 11.9. The average Bonchev–Trinajstić information content (AvgIpc) is 2.97. The smallest absolute Gasteiger partial charge is 0.264 e. The fourth-order valence-electron chi connectivity index (χ4n) is 4.13. The molecule has 3 aromatic rings. The molecule has 0 bridgehead atoms. The highest BCUT2D eigenvalue weighted by Crippen LogP contribution is 2.36. The van der Waals surface area contributed by atoms with Gasteiger partial charge in [0.2, 0.25) is 11.8 Å². The molecule has 220 valence electrons. The van der Waals surface area contributed by atoms with E-state index in [2.05, 4.69) is 5.32 Å². The maximum atomic E-state index is 14.7. The minimum Gasteiger partial charge on any atom is -0.497 e. The minimum atomic E-state index is -4.32. The molecule has 41 heavy (non-hydrogen) atoms. The van der Waals surface area contributed by atoms with Crippen molar-refractivity contribution in [2.75, 3.05) is 31.6 Å². The van der Waals surface area contributed by atoms with E-state index in [4.69, 9.17) is 9.47 Å². The zero-order chi connectivity index (χ0) is 30.2. The molecule has 0 spiro atoms. The van der Waals surface area contributed by atoms with E-state index in [1.807, 2.05) is 13.8 Å². The van der Waals surface area contributed by atoms with Crippen LogP contribution in [0.3, 0.4) is 0 Å². The van der Waals surface area contributed by atoms with E-state index >= 15 is 0 Å². The van der Waals surface area contributed by atoms with E-state index in [0.29, 0.717) is 18.7 Å². The largest absolute Gasteiger partial charge is 0.497 e. The summed E-state index contributed by atoms with van der Waals surface area (Å²) in [6, 6.07) is 15.7. The van der Waals surface area contributed by atoms with Crippen LogP contribution in [-0.4, -0.2) is 58.5 Å². The van der Waals surface area contributed by atoms with Crippen molar-refractivity contribution in [3.8, 4) is 11.5 Å². The van der Waals surface area contributed by atoms with Gasteiger partial charge in [-0.05, 0) is 50.6 Å². The van der Waals surface area contributed by atoms with Crippen molar-refractivity contribution >= 4 is 27.5 Å². The lowest BCUT2D eigenvalue weighted by molar-refractivity contribution is -0.139. The second kappa shape index (κ2) is 14.0. The van der Waals surface area contributed by atoms with Gasteiger partial charge in [-0.25, -0.2) is 12.8 Å². The summed E-state index contributed by atoms with van der Waals surface area (Å²) < 4.78 is 54.5. The summed E-state index contributed by atoms with van der Waals surface area (Å²) >= 11 is 0. The van der Waals surface area contributed by atoms with Crippen LogP contribution in [0.1, 0.15) is 31.4 Å². The Labute approximate surface area is 240 Å². The summed E-state index contributed by atoms with van der Waals surface area (Å²) in [5.41, 5.74) is 1.10. The van der Waals surface area contributed by atoms with Crippen molar-refractivity contribution in [2.24, 2.45) is 0 Å². The number of anilines is 1. The van der Waals surface area contributed by atoms with Crippen LogP contribution in [0.2, 0.25) is 0 Å². The Morgan fingerprint density at radius 2 is 1.68 bits per heavy atom. The molecule has 0 saturated heterocycles. The fraction of sp³-hybridized carbons (Fsp3) is 0.333. The number of methoxy groups -OCH3 is 2. The van der Waals surface area contributed by atoms with E-state index < -0.39 is 40.2 Å². The quantitative estimate of drug-likeness (QED) is 0.321. The molecule has 1 atom stereocenters. The summed E-state index contributed by atoms with van der Waals surface area (Å²) in [6.45, 7) is 4.69. The zero-order valence-corrected chi connectivity index (χ0v) is 24.7. The number of hydrogen-bond donors (Lipinski definition) is 1. The number of nitrogens with one attached hydrogen (secondary N) is 1. The molecule has 0 saturated carbocycles. The van der Waals surface area contributed by atoms with Crippen LogP contribution in [0.4, 0.5) is 10.1 Å². The Bertz CT molecular complexity index is 1460. The SMILES string of the molecule is CCCNC(=O)C(C)N(Cc1ccccc1F)C(=O)CN(c1cc(OC)ccc1OC)S(=O)(=O)c1ccc(C)cc1. The van der Waals surface area contributed by atoms with Gasteiger partial charge in [0.05, 0.1) is 24.8 Å². The van der Waals surface area contributed by atoms with E-state index in [-0.39, 0.29) is 28.4 Å². The predicted octanol–water partition coefficient (Wildman–Crippen LogP) is 4.29. The molecule has 0 aliphatic rings.